The number of carbonyl (C=O) groups is 1. The van der Waals surface area contributed by atoms with Crippen LogP contribution >= 0.6 is 0 Å². The minimum Gasteiger partial charge on any atom is -0.465 e. The molecule has 0 saturated carbocycles. The molecule has 22 heavy (non-hydrogen) atoms. The predicted octanol–water partition coefficient (Wildman–Crippen LogP) is 2.95. The molecule has 1 heterocycles. The minimum atomic E-state index is -0.430. The molecule has 3 aromatic rings. The number of rotatable bonds is 2. The number of methoxy groups -OCH3 is 1. The van der Waals surface area contributed by atoms with Gasteiger partial charge in [-0.1, -0.05) is 11.6 Å². The minimum absolute atomic E-state index is 0.220. The lowest BCUT2D eigenvalue weighted by Gasteiger charge is -2.03. The maximum atomic E-state index is 12.1. The lowest BCUT2D eigenvalue weighted by atomic mass is 10.1. The van der Waals surface area contributed by atoms with E-state index >= 15 is 0 Å². The highest BCUT2D eigenvalue weighted by atomic mass is 16.5. The largest absolute Gasteiger partial charge is 0.465 e. The van der Waals surface area contributed by atoms with Gasteiger partial charge in [0.05, 0.1) is 23.6 Å². The van der Waals surface area contributed by atoms with Gasteiger partial charge >= 0.3 is 11.6 Å². The van der Waals surface area contributed by atoms with E-state index in [4.69, 9.17) is 4.42 Å². The predicted molar refractivity (Wildman–Crippen MR) is 81.8 cm³/mol. The van der Waals surface area contributed by atoms with E-state index in [0.29, 0.717) is 22.0 Å². The van der Waals surface area contributed by atoms with Gasteiger partial charge in [0.1, 0.15) is 0 Å². The molecule has 3 rings (SSSR count). The number of aromatic nitrogens is 1. The molecular formula is C17H13NO4. The molecule has 0 aliphatic rings. The average molecular weight is 295 g/mol. The highest BCUT2D eigenvalue weighted by molar-refractivity contribution is 5.89. The molecule has 0 saturated heterocycles. The van der Waals surface area contributed by atoms with Crippen molar-refractivity contribution in [1.29, 1.82) is 0 Å². The molecule has 0 aliphatic heterocycles. The molecule has 0 spiro atoms. The lowest BCUT2D eigenvalue weighted by Crippen LogP contribution is -2.04. The van der Waals surface area contributed by atoms with Gasteiger partial charge in [-0.15, -0.1) is 0 Å². The van der Waals surface area contributed by atoms with Crippen molar-refractivity contribution in [3.63, 3.8) is 0 Å². The van der Waals surface area contributed by atoms with Crippen LogP contribution in [0.4, 0.5) is 0 Å². The molecule has 1 aromatic heterocycles. The van der Waals surface area contributed by atoms with Crippen molar-refractivity contribution in [3.8, 4) is 11.5 Å². The Kier molecular flexibility index (Phi) is 3.47. The van der Waals surface area contributed by atoms with Gasteiger partial charge in [0, 0.05) is 5.56 Å². The summed E-state index contributed by atoms with van der Waals surface area (Å²) in [5.41, 5.74) is 2.16. The summed E-state index contributed by atoms with van der Waals surface area (Å²) in [6, 6.07) is 11.9. The molecule has 0 fully saturated rings. The van der Waals surface area contributed by atoms with Crippen LogP contribution in [0.15, 0.2) is 51.7 Å². The Morgan fingerprint density at radius 1 is 1.14 bits per heavy atom. The summed E-state index contributed by atoms with van der Waals surface area (Å²) in [5.74, 6) is -0.201. The molecule has 5 heteroatoms. The summed E-state index contributed by atoms with van der Waals surface area (Å²) in [6.07, 6.45) is 0. The second-order valence-electron chi connectivity index (χ2n) is 4.90. The lowest BCUT2D eigenvalue weighted by molar-refractivity contribution is 0.0600. The van der Waals surface area contributed by atoms with Gasteiger partial charge in [0.15, 0.2) is 0 Å². The van der Waals surface area contributed by atoms with E-state index < -0.39 is 11.6 Å². The van der Waals surface area contributed by atoms with E-state index in [1.54, 1.807) is 36.4 Å². The highest BCUT2D eigenvalue weighted by Crippen LogP contribution is 2.20. The third-order valence-electron chi connectivity index (χ3n) is 3.34. The van der Waals surface area contributed by atoms with E-state index in [0.717, 1.165) is 5.56 Å². The van der Waals surface area contributed by atoms with Gasteiger partial charge in [-0.3, -0.25) is 0 Å². The van der Waals surface area contributed by atoms with Gasteiger partial charge < -0.3 is 9.15 Å². The number of hydrogen-bond acceptors (Lipinski definition) is 5. The number of hydrogen-bond donors (Lipinski definition) is 0. The van der Waals surface area contributed by atoms with Gasteiger partial charge in [-0.2, -0.15) is 0 Å². The molecule has 0 N–H and O–H groups in total. The Bertz CT molecular complexity index is 910. The van der Waals surface area contributed by atoms with Crippen molar-refractivity contribution in [3.05, 3.63) is 64.0 Å². The second-order valence-corrected chi connectivity index (χ2v) is 4.90. The van der Waals surface area contributed by atoms with Crippen molar-refractivity contribution >= 4 is 16.9 Å². The Hall–Kier alpha value is -2.95. The van der Waals surface area contributed by atoms with Crippen molar-refractivity contribution in [2.45, 2.75) is 6.92 Å². The van der Waals surface area contributed by atoms with Gasteiger partial charge in [0.2, 0.25) is 5.89 Å². The number of ether oxygens (including phenoxy) is 1. The Morgan fingerprint density at radius 2 is 1.86 bits per heavy atom. The topological polar surface area (TPSA) is 69.4 Å². The maximum Gasteiger partial charge on any atom is 0.347 e. The van der Waals surface area contributed by atoms with Crippen LogP contribution in [0, 0.1) is 6.92 Å². The summed E-state index contributed by atoms with van der Waals surface area (Å²) < 4.78 is 9.92. The molecule has 0 unspecified atom stereocenters. The Labute approximate surface area is 126 Å². The number of fused-ring (bicyclic) bond motifs is 1. The number of benzene rings is 2. The van der Waals surface area contributed by atoms with Crippen LogP contribution in [0.2, 0.25) is 0 Å². The average Bonchev–Trinajstić information content (AvgIpc) is 2.55. The van der Waals surface area contributed by atoms with Gasteiger partial charge in [0.25, 0.3) is 0 Å². The summed E-state index contributed by atoms with van der Waals surface area (Å²) >= 11 is 0. The molecule has 0 bridgehead atoms. The first-order chi connectivity index (χ1) is 10.6. The summed E-state index contributed by atoms with van der Waals surface area (Å²) in [5, 5.41) is 0.454. The zero-order valence-electron chi connectivity index (χ0n) is 12.1. The molecule has 0 radical (unpaired) electrons. The van der Waals surface area contributed by atoms with Crippen LogP contribution < -0.4 is 5.63 Å². The Morgan fingerprint density at radius 3 is 2.55 bits per heavy atom. The van der Waals surface area contributed by atoms with Crippen LogP contribution in [0.1, 0.15) is 15.9 Å². The van der Waals surface area contributed by atoms with E-state index in [9.17, 15) is 9.59 Å². The first-order valence-corrected chi connectivity index (χ1v) is 6.69. The fourth-order valence-electron chi connectivity index (χ4n) is 2.18. The first-order valence-electron chi connectivity index (χ1n) is 6.69. The quantitative estimate of drug-likeness (QED) is 0.680. The first kappa shape index (κ1) is 14.0. The summed E-state index contributed by atoms with van der Waals surface area (Å²) in [6.45, 7) is 1.90. The van der Waals surface area contributed by atoms with Crippen molar-refractivity contribution < 1.29 is 13.9 Å². The molecule has 0 atom stereocenters. The van der Waals surface area contributed by atoms with E-state index in [-0.39, 0.29) is 5.89 Å². The van der Waals surface area contributed by atoms with Crippen molar-refractivity contribution in [2.75, 3.05) is 7.11 Å². The third kappa shape index (κ3) is 2.48. The SMILES string of the molecule is COC(=O)c1ccc(-c2nc3ccc(C)cc3c(=O)o2)cc1. The zero-order valence-corrected chi connectivity index (χ0v) is 12.1. The number of aryl methyl sites for hydroxylation is 1. The van der Waals surface area contributed by atoms with E-state index in [1.807, 2.05) is 13.0 Å². The molecule has 0 aliphatic carbocycles. The van der Waals surface area contributed by atoms with Crippen LogP contribution in [0.5, 0.6) is 0 Å². The summed E-state index contributed by atoms with van der Waals surface area (Å²) in [4.78, 5) is 27.8. The number of esters is 1. The van der Waals surface area contributed by atoms with Crippen LogP contribution in [0.25, 0.3) is 22.4 Å². The monoisotopic (exact) mass is 295 g/mol. The fraction of sp³-hybridized carbons (Fsp3) is 0.118. The molecule has 5 nitrogen and oxygen atoms in total. The third-order valence-corrected chi connectivity index (χ3v) is 3.34. The maximum absolute atomic E-state index is 12.1. The summed E-state index contributed by atoms with van der Waals surface area (Å²) in [7, 11) is 1.32. The molecule has 2 aromatic carbocycles. The van der Waals surface area contributed by atoms with Crippen LogP contribution in [-0.2, 0) is 4.74 Å². The fourth-order valence-corrected chi connectivity index (χ4v) is 2.18. The number of nitrogens with zero attached hydrogens (tertiary/aromatic N) is 1. The van der Waals surface area contributed by atoms with E-state index in [2.05, 4.69) is 9.72 Å². The van der Waals surface area contributed by atoms with Crippen molar-refractivity contribution in [2.24, 2.45) is 0 Å². The normalized spacial score (nSPS) is 10.6. The van der Waals surface area contributed by atoms with Crippen LogP contribution in [-0.4, -0.2) is 18.1 Å². The van der Waals surface area contributed by atoms with Crippen LogP contribution in [0.3, 0.4) is 0 Å². The van der Waals surface area contributed by atoms with E-state index in [1.165, 1.54) is 7.11 Å². The van der Waals surface area contributed by atoms with Gasteiger partial charge in [-0.25, -0.2) is 14.6 Å². The van der Waals surface area contributed by atoms with Gasteiger partial charge in [-0.05, 0) is 43.3 Å². The molecular weight excluding hydrogens is 282 g/mol. The van der Waals surface area contributed by atoms with Crippen molar-refractivity contribution in [1.82, 2.24) is 4.98 Å². The molecule has 110 valence electrons. The smallest absolute Gasteiger partial charge is 0.347 e. The zero-order chi connectivity index (χ0) is 15.7. The number of carbonyl (C=O) groups excluding carboxylic acids is 1. The molecule has 0 amide bonds. The Balaban J connectivity index is 2.08. The highest BCUT2D eigenvalue weighted by Gasteiger charge is 2.10. The second kappa shape index (κ2) is 5.44. The standard InChI is InChI=1S/C17H13NO4/c1-10-3-8-14-13(9-10)17(20)22-15(18-14)11-4-6-12(7-5-11)16(19)21-2/h3-9H,1-2H3.